The van der Waals surface area contributed by atoms with Crippen LogP contribution in [0.4, 0.5) is 5.69 Å². The molecule has 1 amide bonds. The molecule has 0 spiro atoms. The van der Waals surface area contributed by atoms with Gasteiger partial charge in [0.05, 0.1) is 0 Å². The van der Waals surface area contributed by atoms with E-state index in [-0.39, 0.29) is 5.91 Å². The molecule has 1 saturated heterocycles. The smallest absolute Gasteiger partial charge is 0.220 e. The van der Waals surface area contributed by atoms with E-state index in [1.807, 2.05) is 30.3 Å². The van der Waals surface area contributed by atoms with Crippen LogP contribution in [0.2, 0.25) is 5.02 Å². The minimum Gasteiger partial charge on any atom is -0.369 e. The second-order valence-corrected chi connectivity index (χ2v) is 7.61. The van der Waals surface area contributed by atoms with Gasteiger partial charge in [-0.3, -0.25) is 4.79 Å². The predicted octanol–water partition coefficient (Wildman–Crippen LogP) is 3.73. The lowest BCUT2D eigenvalue weighted by atomic mass is 10.1. The van der Waals surface area contributed by atoms with Crippen LogP contribution in [0.3, 0.4) is 0 Å². The van der Waals surface area contributed by atoms with Gasteiger partial charge in [-0.2, -0.15) is 0 Å². The molecule has 0 radical (unpaired) electrons. The number of anilines is 1. The van der Waals surface area contributed by atoms with Gasteiger partial charge in [-0.25, -0.2) is 0 Å². The Hall–Kier alpha value is -2.04. The number of amides is 1. The van der Waals surface area contributed by atoms with Crippen LogP contribution in [0.1, 0.15) is 24.0 Å². The topological polar surface area (TPSA) is 35.6 Å². The van der Waals surface area contributed by atoms with E-state index < -0.39 is 0 Å². The van der Waals surface area contributed by atoms with Gasteiger partial charge in [0.15, 0.2) is 0 Å². The Bertz CT molecular complexity index is 739. The number of rotatable bonds is 7. The Morgan fingerprint density at radius 1 is 1.04 bits per heavy atom. The van der Waals surface area contributed by atoms with Gasteiger partial charge < -0.3 is 15.1 Å². The zero-order chi connectivity index (χ0) is 19.1. The SMILES string of the molecule is CN1CCN(c2ccccc2CNC(=O)CCCc2ccc(Cl)cc2)CC1. The standard InChI is InChI=1S/C22H28ClN3O/c1-25-13-15-26(16-14-25)21-7-3-2-6-19(21)17-24-22(27)8-4-5-18-9-11-20(23)12-10-18/h2-3,6-7,9-12H,4-5,8,13-17H2,1H3,(H,24,27). The molecule has 0 unspecified atom stereocenters. The zero-order valence-corrected chi connectivity index (χ0v) is 16.7. The number of likely N-dealkylation sites (N-methyl/N-ethyl adjacent to an activating group) is 1. The molecular weight excluding hydrogens is 358 g/mol. The lowest BCUT2D eigenvalue weighted by Gasteiger charge is -2.35. The number of aryl methyl sites for hydroxylation is 1. The molecule has 27 heavy (non-hydrogen) atoms. The van der Waals surface area contributed by atoms with Crippen LogP contribution in [0.15, 0.2) is 48.5 Å². The van der Waals surface area contributed by atoms with E-state index in [0.717, 1.165) is 44.0 Å². The fourth-order valence-electron chi connectivity index (χ4n) is 3.40. The van der Waals surface area contributed by atoms with E-state index in [0.29, 0.717) is 13.0 Å². The third-order valence-corrected chi connectivity index (χ3v) is 5.35. The van der Waals surface area contributed by atoms with Crippen molar-refractivity contribution in [3.63, 3.8) is 0 Å². The van der Waals surface area contributed by atoms with Gasteiger partial charge in [0, 0.05) is 49.9 Å². The Kier molecular flexibility index (Phi) is 7.13. The van der Waals surface area contributed by atoms with E-state index in [4.69, 9.17) is 11.6 Å². The van der Waals surface area contributed by atoms with Crippen LogP contribution in [0.25, 0.3) is 0 Å². The number of piperazine rings is 1. The first-order valence-corrected chi connectivity index (χ1v) is 10.0. The van der Waals surface area contributed by atoms with Gasteiger partial charge in [0.25, 0.3) is 0 Å². The molecule has 2 aromatic rings. The molecule has 144 valence electrons. The lowest BCUT2D eigenvalue weighted by Crippen LogP contribution is -2.45. The normalized spacial score (nSPS) is 15.0. The number of hydrogen-bond donors (Lipinski definition) is 1. The maximum Gasteiger partial charge on any atom is 0.220 e. The average molecular weight is 386 g/mol. The molecule has 0 aromatic heterocycles. The summed E-state index contributed by atoms with van der Waals surface area (Å²) in [7, 11) is 2.16. The van der Waals surface area contributed by atoms with Crippen molar-refractivity contribution in [2.75, 3.05) is 38.1 Å². The molecule has 1 N–H and O–H groups in total. The maximum absolute atomic E-state index is 12.2. The summed E-state index contributed by atoms with van der Waals surface area (Å²) in [6, 6.07) is 16.2. The fourth-order valence-corrected chi connectivity index (χ4v) is 3.53. The predicted molar refractivity (Wildman–Crippen MR) is 112 cm³/mol. The maximum atomic E-state index is 12.2. The summed E-state index contributed by atoms with van der Waals surface area (Å²) < 4.78 is 0. The number of benzene rings is 2. The van der Waals surface area contributed by atoms with Crippen LogP contribution in [0.5, 0.6) is 0 Å². The van der Waals surface area contributed by atoms with Gasteiger partial charge in [-0.15, -0.1) is 0 Å². The Morgan fingerprint density at radius 2 is 1.74 bits per heavy atom. The van der Waals surface area contributed by atoms with Crippen molar-refractivity contribution in [3.05, 3.63) is 64.7 Å². The number of nitrogens with zero attached hydrogens (tertiary/aromatic N) is 2. The molecule has 0 atom stereocenters. The van der Waals surface area contributed by atoms with Crippen molar-refractivity contribution in [1.82, 2.24) is 10.2 Å². The first-order chi connectivity index (χ1) is 13.1. The van der Waals surface area contributed by atoms with Crippen LogP contribution < -0.4 is 10.2 Å². The molecule has 3 rings (SSSR count). The highest BCUT2D eigenvalue weighted by molar-refractivity contribution is 6.30. The van der Waals surface area contributed by atoms with E-state index in [9.17, 15) is 4.79 Å². The van der Waals surface area contributed by atoms with Crippen LogP contribution in [-0.4, -0.2) is 44.0 Å². The van der Waals surface area contributed by atoms with Gasteiger partial charge in [0.2, 0.25) is 5.91 Å². The van der Waals surface area contributed by atoms with Crippen molar-refractivity contribution in [3.8, 4) is 0 Å². The van der Waals surface area contributed by atoms with E-state index in [1.165, 1.54) is 16.8 Å². The van der Waals surface area contributed by atoms with Crippen molar-refractivity contribution in [2.24, 2.45) is 0 Å². The fraction of sp³-hybridized carbons (Fsp3) is 0.409. The van der Waals surface area contributed by atoms with Crippen molar-refractivity contribution in [2.45, 2.75) is 25.8 Å². The molecule has 1 aliphatic rings. The summed E-state index contributed by atoms with van der Waals surface area (Å²) in [6.45, 7) is 4.80. The number of carbonyl (C=O) groups is 1. The lowest BCUT2D eigenvalue weighted by molar-refractivity contribution is -0.121. The molecule has 4 nitrogen and oxygen atoms in total. The molecule has 1 fully saturated rings. The van der Waals surface area contributed by atoms with Gasteiger partial charge in [-0.1, -0.05) is 41.9 Å². The molecule has 1 heterocycles. The number of halogens is 1. The average Bonchev–Trinajstić information content (AvgIpc) is 2.69. The summed E-state index contributed by atoms with van der Waals surface area (Å²) in [5, 5.41) is 3.83. The van der Waals surface area contributed by atoms with Crippen LogP contribution in [-0.2, 0) is 17.8 Å². The van der Waals surface area contributed by atoms with Gasteiger partial charge in [-0.05, 0) is 49.2 Å². The largest absolute Gasteiger partial charge is 0.369 e. The first kappa shape index (κ1) is 19.7. The Balaban J connectivity index is 1.46. The van der Waals surface area contributed by atoms with Gasteiger partial charge >= 0.3 is 0 Å². The molecular formula is C22H28ClN3O. The van der Waals surface area contributed by atoms with E-state index in [1.54, 1.807) is 0 Å². The minimum atomic E-state index is 0.108. The summed E-state index contributed by atoms with van der Waals surface area (Å²) in [6.07, 6.45) is 2.27. The highest BCUT2D eigenvalue weighted by atomic mass is 35.5. The first-order valence-electron chi connectivity index (χ1n) is 9.64. The molecule has 2 aromatic carbocycles. The molecule has 1 aliphatic heterocycles. The molecule has 5 heteroatoms. The molecule has 0 bridgehead atoms. The summed E-state index contributed by atoms with van der Waals surface area (Å²) in [5.41, 5.74) is 3.65. The summed E-state index contributed by atoms with van der Waals surface area (Å²) in [5.74, 6) is 0.108. The Labute approximate surface area is 167 Å². The number of nitrogens with one attached hydrogen (secondary N) is 1. The highest BCUT2D eigenvalue weighted by Gasteiger charge is 2.16. The van der Waals surface area contributed by atoms with Crippen LogP contribution in [0, 0.1) is 0 Å². The monoisotopic (exact) mass is 385 g/mol. The van der Waals surface area contributed by atoms with Crippen molar-refractivity contribution < 1.29 is 4.79 Å². The van der Waals surface area contributed by atoms with Crippen LogP contribution >= 0.6 is 11.6 Å². The Morgan fingerprint density at radius 3 is 2.48 bits per heavy atom. The van der Waals surface area contributed by atoms with E-state index in [2.05, 4.69) is 40.4 Å². The minimum absolute atomic E-state index is 0.108. The zero-order valence-electron chi connectivity index (χ0n) is 16.0. The highest BCUT2D eigenvalue weighted by Crippen LogP contribution is 2.21. The second kappa shape index (κ2) is 9.77. The van der Waals surface area contributed by atoms with Gasteiger partial charge in [0.1, 0.15) is 0 Å². The second-order valence-electron chi connectivity index (χ2n) is 7.18. The number of hydrogen-bond acceptors (Lipinski definition) is 3. The number of carbonyl (C=O) groups excluding carboxylic acids is 1. The third-order valence-electron chi connectivity index (χ3n) is 5.09. The quantitative estimate of drug-likeness (QED) is 0.788. The summed E-state index contributed by atoms with van der Waals surface area (Å²) >= 11 is 5.90. The summed E-state index contributed by atoms with van der Waals surface area (Å²) in [4.78, 5) is 17.0. The van der Waals surface area contributed by atoms with Crippen molar-refractivity contribution in [1.29, 1.82) is 0 Å². The van der Waals surface area contributed by atoms with E-state index >= 15 is 0 Å². The van der Waals surface area contributed by atoms with Crippen molar-refractivity contribution >= 4 is 23.2 Å². The molecule has 0 aliphatic carbocycles. The molecule has 0 saturated carbocycles. The third kappa shape index (κ3) is 5.98. The number of para-hydroxylation sites is 1.